The molecule has 1 N–H and O–H groups in total. The number of carbonyl (C=O) groups excluding carboxylic acids is 3. The van der Waals surface area contributed by atoms with E-state index in [1.807, 2.05) is 19.9 Å². The third kappa shape index (κ3) is 5.01. The molecule has 0 bridgehead atoms. The number of hydrogen-bond acceptors (Lipinski definition) is 6. The van der Waals surface area contributed by atoms with Crippen LogP contribution in [-0.4, -0.2) is 42.2 Å². The van der Waals surface area contributed by atoms with Gasteiger partial charge < -0.3 is 14.8 Å². The van der Waals surface area contributed by atoms with E-state index in [4.69, 9.17) is 9.47 Å². The monoisotopic (exact) mass is 426 g/mol. The van der Waals surface area contributed by atoms with Gasteiger partial charge in [0.15, 0.2) is 0 Å². The van der Waals surface area contributed by atoms with Crippen molar-refractivity contribution in [1.82, 2.24) is 4.90 Å². The molecular weight excluding hydrogens is 404 g/mol. The first-order valence-electron chi connectivity index (χ1n) is 9.34. The predicted molar refractivity (Wildman–Crippen MR) is 117 cm³/mol. The fourth-order valence-corrected chi connectivity index (χ4v) is 3.76. The van der Waals surface area contributed by atoms with E-state index in [1.54, 1.807) is 49.6 Å². The second-order valence-corrected chi connectivity index (χ2v) is 7.50. The van der Waals surface area contributed by atoms with Crippen LogP contribution in [0.25, 0.3) is 6.08 Å². The lowest BCUT2D eigenvalue weighted by molar-refractivity contribution is -0.127. The van der Waals surface area contributed by atoms with Crippen molar-refractivity contribution in [2.75, 3.05) is 25.6 Å². The van der Waals surface area contributed by atoms with Gasteiger partial charge in [0.1, 0.15) is 18.0 Å². The Kier molecular flexibility index (Phi) is 6.79. The van der Waals surface area contributed by atoms with Gasteiger partial charge in [0.2, 0.25) is 5.91 Å². The van der Waals surface area contributed by atoms with E-state index in [0.717, 1.165) is 33.5 Å². The summed E-state index contributed by atoms with van der Waals surface area (Å²) >= 11 is 0.819. The number of aryl methyl sites for hydroxylation is 1. The molecule has 7 nitrogen and oxygen atoms in total. The Labute approximate surface area is 179 Å². The molecule has 8 heteroatoms. The lowest BCUT2D eigenvalue weighted by Crippen LogP contribution is -2.36. The van der Waals surface area contributed by atoms with Crippen LogP contribution in [0.1, 0.15) is 18.1 Å². The van der Waals surface area contributed by atoms with Crippen molar-refractivity contribution in [2.45, 2.75) is 13.8 Å². The molecule has 1 aliphatic heterocycles. The van der Waals surface area contributed by atoms with E-state index in [-0.39, 0.29) is 11.4 Å². The Bertz CT molecular complexity index is 1000. The highest BCUT2D eigenvalue weighted by atomic mass is 32.2. The van der Waals surface area contributed by atoms with E-state index in [9.17, 15) is 14.4 Å². The quantitative estimate of drug-likeness (QED) is 0.672. The minimum absolute atomic E-state index is 0.276. The zero-order valence-corrected chi connectivity index (χ0v) is 17.7. The maximum absolute atomic E-state index is 12.6. The van der Waals surface area contributed by atoms with Crippen molar-refractivity contribution in [3.05, 3.63) is 58.5 Å². The van der Waals surface area contributed by atoms with Crippen LogP contribution in [0.5, 0.6) is 11.5 Å². The van der Waals surface area contributed by atoms with Crippen molar-refractivity contribution in [3.63, 3.8) is 0 Å². The number of nitrogens with zero attached hydrogens (tertiary/aromatic N) is 1. The molecule has 3 rings (SSSR count). The van der Waals surface area contributed by atoms with E-state index >= 15 is 0 Å². The molecular formula is C22H22N2O5S. The van der Waals surface area contributed by atoms with Gasteiger partial charge in [-0.3, -0.25) is 19.3 Å². The van der Waals surface area contributed by atoms with Crippen LogP contribution in [0.3, 0.4) is 0 Å². The van der Waals surface area contributed by atoms with E-state index in [0.29, 0.717) is 18.0 Å². The summed E-state index contributed by atoms with van der Waals surface area (Å²) in [7, 11) is 1.59. The van der Waals surface area contributed by atoms with Gasteiger partial charge in [-0.15, -0.1) is 0 Å². The number of amides is 3. The molecule has 30 heavy (non-hydrogen) atoms. The second-order valence-electron chi connectivity index (χ2n) is 6.50. The largest absolute Gasteiger partial charge is 0.496 e. The van der Waals surface area contributed by atoms with E-state index in [1.165, 1.54) is 0 Å². The zero-order valence-electron chi connectivity index (χ0n) is 16.9. The molecule has 0 aliphatic carbocycles. The molecule has 1 saturated heterocycles. The van der Waals surface area contributed by atoms with Crippen LogP contribution in [0.4, 0.5) is 10.5 Å². The number of nitrogens with one attached hydrogen (secondary N) is 1. The van der Waals surface area contributed by atoms with Gasteiger partial charge in [0, 0.05) is 5.69 Å². The lowest BCUT2D eigenvalue weighted by atomic mass is 10.1. The van der Waals surface area contributed by atoms with Gasteiger partial charge in [-0.1, -0.05) is 6.07 Å². The summed E-state index contributed by atoms with van der Waals surface area (Å²) in [6.45, 7) is 3.98. The Morgan fingerprint density at radius 2 is 1.90 bits per heavy atom. The van der Waals surface area contributed by atoms with Crippen LogP contribution < -0.4 is 14.8 Å². The Hall–Kier alpha value is -3.26. The summed E-state index contributed by atoms with van der Waals surface area (Å²) in [4.78, 5) is 38.4. The molecule has 3 amide bonds. The van der Waals surface area contributed by atoms with E-state index < -0.39 is 17.1 Å². The van der Waals surface area contributed by atoms with Crippen LogP contribution in [0.15, 0.2) is 47.4 Å². The van der Waals surface area contributed by atoms with Crippen molar-refractivity contribution in [1.29, 1.82) is 0 Å². The summed E-state index contributed by atoms with van der Waals surface area (Å²) in [6, 6.07) is 12.3. The highest BCUT2D eigenvalue weighted by molar-refractivity contribution is 8.18. The van der Waals surface area contributed by atoms with Gasteiger partial charge in [-0.2, -0.15) is 0 Å². The number of anilines is 1. The molecule has 2 aromatic carbocycles. The Balaban J connectivity index is 1.65. The Morgan fingerprint density at radius 1 is 1.17 bits per heavy atom. The van der Waals surface area contributed by atoms with Gasteiger partial charge in [0.25, 0.3) is 11.1 Å². The van der Waals surface area contributed by atoms with Crippen LogP contribution in [-0.2, 0) is 9.59 Å². The fraction of sp³-hybridized carbons (Fsp3) is 0.227. The number of carbonyl (C=O) groups is 3. The maximum atomic E-state index is 12.6. The maximum Gasteiger partial charge on any atom is 0.294 e. The van der Waals surface area contributed by atoms with Crippen LogP contribution in [0.2, 0.25) is 0 Å². The number of thioether (sulfide) groups is 1. The van der Waals surface area contributed by atoms with Gasteiger partial charge in [-0.25, -0.2) is 0 Å². The van der Waals surface area contributed by atoms with Crippen molar-refractivity contribution in [3.8, 4) is 11.5 Å². The zero-order chi connectivity index (χ0) is 21.7. The van der Waals surface area contributed by atoms with Gasteiger partial charge in [-0.05, 0) is 79.2 Å². The average Bonchev–Trinajstić information content (AvgIpc) is 2.97. The molecule has 0 atom stereocenters. The summed E-state index contributed by atoms with van der Waals surface area (Å²) in [5, 5.41) is 2.21. The first-order chi connectivity index (χ1) is 14.4. The summed E-state index contributed by atoms with van der Waals surface area (Å²) in [6.07, 6.45) is 1.64. The first-order valence-corrected chi connectivity index (χ1v) is 10.2. The highest BCUT2D eigenvalue weighted by Crippen LogP contribution is 2.32. The second kappa shape index (κ2) is 9.49. The number of hydrogen-bond donors (Lipinski definition) is 1. The van der Waals surface area contributed by atoms with Crippen LogP contribution in [0, 0.1) is 6.92 Å². The molecule has 0 aromatic heterocycles. The van der Waals surface area contributed by atoms with Gasteiger partial charge in [0.05, 0.1) is 18.6 Å². The molecule has 0 radical (unpaired) electrons. The predicted octanol–water partition coefficient (Wildman–Crippen LogP) is 4.08. The minimum atomic E-state index is -0.486. The highest BCUT2D eigenvalue weighted by Gasteiger charge is 2.36. The molecule has 1 heterocycles. The standard InChI is InChI=1S/C22H22N2O5S/c1-4-29-17-8-6-16(7-9-17)23-20(25)13-24-21(26)19(30-22(24)27)12-15-5-10-18(28-3)14(2)11-15/h5-12H,4,13H2,1-3H3,(H,23,25)/b19-12+. The first kappa shape index (κ1) is 21.4. The average molecular weight is 426 g/mol. The molecule has 0 unspecified atom stereocenters. The normalized spacial score (nSPS) is 14.9. The summed E-state index contributed by atoms with van der Waals surface area (Å²) in [5.74, 6) is 0.495. The van der Waals surface area contributed by atoms with E-state index in [2.05, 4.69) is 5.32 Å². The Morgan fingerprint density at radius 3 is 2.53 bits per heavy atom. The molecule has 1 fully saturated rings. The molecule has 0 spiro atoms. The minimum Gasteiger partial charge on any atom is -0.496 e. The third-order valence-electron chi connectivity index (χ3n) is 4.34. The summed E-state index contributed by atoms with van der Waals surface area (Å²) < 4.78 is 10.6. The number of benzene rings is 2. The SMILES string of the molecule is CCOc1ccc(NC(=O)CN2C(=O)S/C(=C/c3ccc(OC)c(C)c3)C2=O)cc1. The summed E-state index contributed by atoms with van der Waals surface area (Å²) in [5.41, 5.74) is 2.25. The lowest BCUT2D eigenvalue weighted by Gasteiger charge is -2.12. The molecule has 1 aliphatic rings. The topological polar surface area (TPSA) is 84.9 Å². The number of ether oxygens (including phenoxy) is 2. The molecule has 156 valence electrons. The smallest absolute Gasteiger partial charge is 0.294 e. The van der Waals surface area contributed by atoms with Crippen molar-refractivity contribution in [2.24, 2.45) is 0 Å². The van der Waals surface area contributed by atoms with Crippen LogP contribution >= 0.6 is 11.8 Å². The van der Waals surface area contributed by atoms with Gasteiger partial charge >= 0.3 is 0 Å². The van der Waals surface area contributed by atoms with Crippen molar-refractivity contribution < 1.29 is 23.9 Å². The van der Waals surface area contributed by atoms with Crippen molar-refractivity contribution >= 4 is 40.6 Å². The number of rotatable bonds is 7. The molecule has 0 saturated carbocycles. The molecule has 2 aromatic rings. The number of imide groups is 1. The number of methoxy groups -OCH3 is 1. The fourth-order valence-electron chi connectivity index (χ4n) is 2.92. The third-order valence-corrected chi connectivity index (χ3v) is 5.25.